The summed E-state index contributed by atoms with van der Waals surface area (Å²) in [4.78, 5) is 11.4. The van der Waals surface area contributed by atoms with E-state index in [1.807, 2.05) is 0 Å². The van der Waals surface area contributed by atoms with Crippen molar-refractivity contribution in [1.82, 2.24) is 9.03 Å². The Hall–Kier alpha value is -0.700. The van der Waals surface area contributed by atoms with Gasteiger partial charge in [0, 0.05) is 13.1 Å². The van der Waals surface area contributed by atoms with E-state index >= 15 is 0 Å². The Morgan fingerprint density at radius 3 is 2.88 bits per heavy atom. The summed E-state index contributed by atoms with van der Waals surface area (Å²) in [6, 6.07) is -0.900. The van der Waals surface area contributed by atoms with Gasteiger partial charge < -0.3 is 9.47 Å². The van der Waals surface area contributed by atoms with Crippen LogP contribution in [0.5, 0.6) is 0 Å². The average molecular weight is 252 g/mol. The summed E-state index contributed by atoms with van der Waals surface area (Å²) in [6.07, 6.45) is 0. The van der Waals surface area contributed by atoms with Gasteiger partial charge in [-0.3, -0.25) is 4.79 Å². The summed E-state index contributed by atoms with van der Waals surface area (Å²) in [5.74, 6) is -0.610. The first-order valence-electron chi connectivity index (χ1n) is 4.95. The van der Waals surface area contributed by atoms with Gasteiger partial charge in [0.15, 0.2) is 0 Å². The molecule has 0 aromatic rings. The van der Waals surface area contributed by atoms with Crippen LogP contribution in [-0.4, -0.2) is 58.1 Å². The second-order valence-electron chi connectivity index (χ2n) is 3.23. The molecule has 1 unspecified atom stereocenters. The molecule has 94 valence electrons. The number of hydrogen-bond donors (Lipinski definition) is 1. The van der Waals surface area contributed by atoms with Gasteiger partial charge in [-0.05, 0) is 0 Å². The maximum absolute atomic E-state index is 11.8. The molecule has 0 radical (unpaired) electrons. The van der Waals surface area contributed by atoms with Crippen LogP contribution >= 0.6 is 0 Å². The number of carbonyl (C=O) groups is 1. The number of nitrogens with one attached hydrogen (secondary N) is 1. The molecular formula is C8H16N2O5S. The molecule has 0 saturated carbocycles. The smallest absolute Gasteiger partial charge is 0.326 e. The van der Waals surface area contributed by atoms with Gasteiger partial charge in [0.2, 0.25) is 0 Å². The van der Waals surface area contributed by atoms with Crippen molar-refractivity contribution in [2.24, 2.45) is 0 Å². The first kappa shape index (κ1) is 13.4. The van der Waals surface area contributed by atoms with Gasteiger partial charge >= 0.3 is 5.97 Å². The summed E-state index contributed by atoms with van der Waals surface area (Å²) in [5.41, 5.74) is 0. The Balaban J connectivity index is 2.86. The van der Waals surface area contributed by atoms with Crippen LogP contribution in [0.25, 0.3) is 0 Å². The zero-order valence-corrected chi connectivity index (χ0v) is 10.1. The predicted octanol–water partition coefficient (Wildman–Crippen LogP) is -1.29. The Labute approximate surface area is 94.9 Å². The highest BCUT2D eigenvalue weighted by Crippen LogP contribution is 2.12. The van der Waals surface area contributed by atoms with E-state index in [1.165, 1.54) is 7.11 Å². The van der Waals surface area contributed by atoms with E-state index in [-0.39, 0.29) is 26.3 Å². The zero-order valence-electron chi connectivity index (χ0n) is 9.30. The third-order valence-electron chi connectivity index (χ3n) is 2.19. The minimum Gasteiger partial charge on any atom is -0.468 e. The fourth-order valence-electron chi connectivity index (χ4n) is 1.46. The van der Waals surface area contributed by atoms with Crippen LogP contribution in [0.1, 0.15) is 6.92 Å². The highest BCUT2D eigenvalue weighted by atomic mass is 32.2. The summed E-state index contributed by atoms with van der Waals surface area (Å²) in [5, 5.41) is 0. The molecule has 1 aliphatic heterocycles. The van der Waals surface area contributed by atoms with Gasteiger partial charge in [-0.15, -0.1) is 0 Å². The van der Waals surface area contributed by atoms with Crippen LogP contribution in [0.3, 0.4) is 0 Å². The SMILES string of the molecule is CCNS(=O)(=O)N1CCOCC1C(=O)OC. The number of morpholine rings is 1. The molecule has 0 aromatic carbocycles. The largest absolute Gasteiger partial charge is 0.468 e. The number of hydrogen-bond acceptors (Lipinski definition) is 5. The van der Waals surface area contributed by atoms with Crippen molar-refractivity contribution < 1.29 is 22.7 Å². The van der Waals surface area contributed by atoms with Crippen molar-refractivity contribution in [3.8, 4) is 0 Å². The number of esters is 1. The van der Waals surface area contributed by atoms with E-state index in [1.54, 1.807) is 6.92 Å². The molecule has 0 bridgehead atoms. The lowest BCUT2D eigenvalue weighted by Crippen LogP contribution is -2.56. The van der Waals surface area contributed by atoms with Gasteiger partial charge in [-0.1, -0.05) is 6.92 Å². The summed E-state index contributed by atoms with van der Waals surface area (Å²) >= 11 is 0. The molecule has 0 aliphatic carbocycles. The van der Waals surface area contributed by atoms with Crippen molar-refractivity contribution in [3.05, 3.63) is 0 Å². The molecule has 16 heavy (non-hydrogen) atoms. The van der Waals surface area contributed by atoms with Gasteiger partial charge in [0.05, 0.1) is 20.3 Å². The minimum absolute atomic E-state index is 0.0251. The fraction of sp³-hybridized carbons (Fsp3) is 0.875. The maximum atomic E-state index is 11.8. The normalized spacial score (nSPS) is 23.0. The number of methoxy groups -OCH3 is 1. The molecular weight excluding hydrogens is 236 g/mol. The highest BCUT2D eigenvalue weighted by molar-refractivity contribution is 7.87. The number of carbonyl (C=O) groups excluding carboxylic acids is 1. The summed E-state index contributed by atoms with van der Waals surface area (Å²) < 4.78 is 36.6. The van der Waals surface area contributed by atoms with E-state index in [9.17, 15) is 13.2 Å². The Kier molecular flexibility index (Phi) is 4.66. The van der Waals surface area contributed by atoms with E-state index in [0.717, 1.165) is 4.31 Å². The van der Waals surface area contributed by atoms with Crippen LogP contribution in [0.2, 0.25) is 0 Å². The first-order chi connectivity index (χ1) is 7.53. The molecule has 1 aliphatic rings. The molecule has 1 saturated heterocycles. The Bertz CT molecular complexity index is 342. The van der Waals surface area contributed by atoms with Crippen molar-refractivity contribution >= 4 is 16.2 Å². The van der Waals surface area contributed by atoms with Gasteiger partial charge in [0.25, 0.3) is 10.2 Å². The van der Waals surface area contributed by atoms with Crippen LogP contribution < -0.4 is 4.72 Å². The minimum atomic E-state index is -3.64. The van der Waals surface area contributed by atoms with Crippen molar-refractivity contribution in [3.63, 3.8) is 0 Å². The van der Waals surface area contributed by atoms with E-state index < -0.39 is 22.2 Å². The third-order valence-corrected chi connectivity index (χ3v) is 3.90. The first-order valence-corrected chi connectivity index (χ1v) is 6.39. The second kappa shape index (κ2) is 5.58. The zero-order chi connectivity index (χ0) is 12.2. The van der Waals surface area contributed by atoms with Crippen molar-refractivity contribution in [2.75, 3.05) is 33.4 Å². The van der Waals surface area contributed by atoms with Crippen molar-refractivity contribution in [2.45, 2.75) is 13.0 Å². The van der Waals surface area contributed by atoms with Gasteiger partial charge in [0.1, 0.15) is 6.04 Å². The highest BCUT2D eigenvalue weighted by Gasteiger charge is 2.37. The molecule has 1 heterocycles. The van der Waals surface area contributed by atoms with Crippen LogP contribution in [0.4, 0.5) is 0 Å². The Morgan fingerprint density at radius 1 is 1.62 bits per heavy atom. The molecule has 0 spiro atoms. The molecule has 1 N–H and O–H groups in total. The van der Waals surface area contributed by atoms with E-state index in [0.29, 0.717) is 0 Å². The second-order valence-corrected chi connectivity index (χ2v) is 4.94. The monoisotopic (exact) mass is 252 g/mol. The van der Waals surface area contributed by atoms with Crippen molar-refractivity contribution in [1.29, 1.82) is 0 Å². The average Bonchev–Trinajstić information content (AvgIpc) is 2.28. The standard InChI is InChI=1S/C8H16N2O5S/c1-3-9-16(12,13)10-4-5-15-6-7(10)8(11)14-2/h7,9H,3-6H2,1-2H3. The third kappa shape index (κ3) is 2.91. The summed E-state index contributed by atoms with van der Waals surface area (Å²) in [7, 11) is -2.42. The molecule has 8 heteroatoms. The van der Waals surface area contributed by atoms with Gasteiger partial charge in [-0.2, -0.15) is 12.7 Å². The number of nitrogens with zero attached hydrogens (tertiary/aromatic N) is 1. The van der Waals surface area contributed by atoms with Crippen LogP contribution in [-0.2, 0) is 24.5 Å². The molecule has 7 nitrogen and oxygen atoms in total. The summed E-state index contributed by atoms with van der Waals surface area (Å²) in [6.45, 7) is 2.39. The lowest BCUT2D eigenvalue weighted by molar-refractivity contribution is -0.149. The molecule has 1 atom stereocenters. The molecule has 1 rings (SSSR count). The lowest BCUT2D eigenvalue weighted by atomic mass is 10.3. The van der Waals surface area contributed by atoms with E-state index in [4.69, 9.17) is 4.74 Å². The maximum Gasteiger partial charge on any atom is 0.326 e. The molecule has 1 fully saturated rings. The Morgan fingerprint density at radius 2 is 2.31 bits per heavy atom. The van der Waals surface area contributed by atoms with E-state index in [2.05, 4.69) is 9.46 Å². The molecule has 0 aromatic heterocycles. The van der Waals surface area contributed by atoms with Crippen LogP contribution in [0, 0.1) is 0 Å². The molecule has 0 amide bonds. The number of rotatable bonds is 4. The van der Waals surface area contributed by atoms with Gasteiger partial charge in [-0.25, -0.2) is 4.72 Å². The van der Waals surface area contributed by atoms with Crippen LogP contribution in [0.15, 0.2) is 0 Å². The topological polar surface area (TPSA) is 84.9 Å². The number of ether oxygens (including phenoxy) is 2. The predicted molar refractivity (Wildman–Crippen MR) is 55.9 cm³/mol. The lowest BCUT2D eigenvalue weighted by Gasteiger charge is -2.32. The fourth-order valence-corrected chi connectivity index (χ4v) is 2.79. The quantitative estimate of drug-likeness (QED) is 0.630.